The maximum atomic E-state index is 12.7. The van der Waals surface area contributed by atoms with Gasteiger partial charge in [0.2, 0.25) is 5.91 Å². The minimum absolute atomic E-state index is 0.0272. The summed E-state index contributed by atoms with van der Waals surface area (Å²) in [5.74, 6) is -0.0791. The first-order valence-corrected chi connectivity index (χ1v) is 13.6. The molecule has 0 aromatic carbocycles. The number of carbonyl (C=O) groups excluding carboxylic acids is 2. The minimum atomic E-state index is -0.362. The molecule has 0 spiro atoms. The Balaban J connectivity index is 4.05. The van der Waals surface area contributed by atoms with Crippen LogP contribution in [0.5, 0.6) is 0 Å². The molecule has 1 unspecified atom stereocenters. The van der Waals surface area contributed by atoms with E-state index in [1.54, 1.807) is 6.92 Å². The van der Waals surface area contributed by atoms with Gasteiger partial charge in [-0.25, -0.2) is 0 Å². The van der Waals surface area contributed by atoms with Crippen LogP contribution in [0.15, 0.2) is 11.8 Å². The Morgan fingerprint density at radius 3 is 1.91 bits per heavy atom. The van der Waals surface area contributed by atoms with Gasteiger partial charge in [0.15, 0.2) is 0 Å². The lowest BCUT2D eigenvalue weighted by atomic mass is 9.98. The van der Waals surface area contributed by atoms with Crippen LogP contribution >= 0.6 is 0 Å². The quantitative estimate of drug-likeness (QED) is 0.117. The van der Waals surface area contributed by atoms with Crippen LogP contribution in [0, 0.1) is 5.92 Å². The number of Topliss-reactive ketones (excluding diaryl/α,β-unsaturated/α-hetero) is 1. The van der Waals surface area contributed by atoms with Gasteiger partial charge in [-0.2, -0.15) is 0 Å². The molecule has 0 heterocycles. The predicted octanol–water partition coefficient (Wildman–Crippen LogP) is 4.80. The number of nitrogens with zero attached hydrogens (tertiary/aromatic N) is 1. The highest BCUT2D eigenvalue weighted by atomic mass is 16.5. The third kappa shape index (κ3) is 20.0. The Labute approximate surface area is 209 Å². The van der Waals surface area contributed by atoms with Gasteiger partial charge in [-0.15, -0.1) is 0 Å². The molecule has 0 saturated heterocycles. The van der Waals surface area contributed by atoms with Gasteiger partial charge < -0.3 is 20.3 Å². The van der Waals surface area contributed by atoms with E-state index < -0.39 is 0 Å². The second-order valence-electron chi connectivity index (χ2n) is 9.79. The molecule has 0 saturated carbocycles. The van der Waals surface area contributed by atoms with E-state index in [0.717, 1.165) is 38.6 Å². The third-order valence-corrected chi connectivity index (χ3v) is 6.18. The van der Waals surface area contributed by atoms with E-state index in [0.29, 0.717) is 31.0 Å². The zero-order valence-corrected chi connectivity index (χ0v) is 22.6. The largest absolute Gasteiger partial charge is 0.355 e. The summed E-state index contributed by atoms with van der Waals surface area (Å²) in [6.45, 7) is 3.97. The van der Waals surface area contributed by atoms with Gasteiger partial charge in [0.1, 0.15) is 5.78 Å². The number of hydrogen-bond donors (Lipinski definition) is 4. The van der Waals surface area contributed by atoms with Crippen molar-refractivity contribution in [2.24, 2.45) is 5.92 Å². The Morgan fingerprint density at radius 1 is 0.853 bits per heavy atom. The summed E-state index contributed by atoms with van der Waals surface area (Å²) in [4.78, 5) is 25.7. The Morgan fingerprint density at radius 2 is 1.41 bits per heavy atom. The fourth-order valence-corrected chi connectivity index (χ4v) is 4.08. The molecule has 0 aromatic heterocycles. The van der Waals surface area contributed by atoms with E-state index >= 15 is 0 Å². The molecule has 0 aliphatic carbocycles. The normalized spacial score (nSPS) is 12.7. The molecule has 200 valence electrons. The number of unbranched alkanes of at least 4 members (excludes halogenated alkanes) is 11. The zero-order valence-electron chi connectivity index (χ0n) is 22.6. The molecule has 0 aliphatic heterocycles. The Bertz CT molecular complexity index is 538. The van der Waals surface area contributed by atoms with Crippen LogP contribution in [0.3, 0.4) is 0 Å². The van der Waals surface area contributed by atoms with Crippen LogP contribution in [0.4, 0.5) is 0 Å². The SMILES string of the molecule is CNCCC(C(=O)NCCCN(C)C)/C(=C/CCCCCCCCCCCCCC(C)=O)NO. The molecule has 1 atom stereocenters. The number of allylic oxidation sites excluding steroid dienone is 1. The van der Waals surface area contributed by atoms with E-state index in [2.05, 4.69) is 21.0 Å². The number of ketones is 1. The zero-order chi connectivity index (χ0) is 25.4. The first-order chi connectivity index (χ1) is 16.4. The van der Waals surface area contributed by atoms with Gasteiger partial charge in [-0.05, 0) is 73.3 Å². The van der Waals surface area contributed by atoms with Crippen LogP contribution in [-0.2, 0) is 9.59 Å². The number of nitrogens with one attached hydrogen (secondary N) is 3. The summed E-state index contributed by atoms with van der Waals surface area (Å²) in [5.41, 5.74) is 2.91. The summed E-state index contributed by atoms with van der Waals surface area (Å²) in [5, 5.41) is 15.8. The summed E-state index contributed by atoms with van der Waals surface area (Å²) < 4.78 is 0. The fourth-order valence-electron chi connectivity index (χ4n) is 4.08. The van der Waals surface area contributed by atoms with Gasteiger partial charge in [-0.3, -0.25) is 15.5 Å². The van der Waals surface area contributed by atoms with Crippen LogP contribution in [0.1, 0.15) is 103 Å². The second-order valence-corrected chi connectivity index (χ2v) is 9.79. The minimum Gasteiger partial charge on any atom is -0.355 e. The molecule has 0 rings (SSSR count). The van der Waals surface area contributed by atoms with E-state index in [-0.39, 0.29) is 11.8 Å². The molecule has 0 bridgehead atoms. The van der Waals surface area contributed by atoms with Gasteiger partial charge in [0.05, 0.1) is 5.92 Å². The maximum Gasteiger partial charge on any atom is 0.229 e. The molecule has 0 aliphatic rings. The van der Waals surface area contributed by atoms with Crippen molar-refractivity contribution in [3.8, 4) is 0 Å². The van der Waals surface area contributed by atoms with Crippen molar-refractivity contribution in [3.63, 3.8) is 0 Å². The number of rotatable bonds is 24. The summed E-state index contributed by atoms with van der Waals surface area (Å²) >= 11 is 0. The van der Waals surface area contributed by atoms with Crippen LogP contribution in [0.25, 0.3) is 0 Å². The molecule has 1 amide bonds. The molecule has 4 N–H and O–H groups in total. The molecule has 0 radical (unpaired) electrons. The van der Waals surface area contributed by atoms with Crippen molar-refractivity contribution >= 4 is 11.7 Å². The average Bonchev–Trinajstić information content (AvgIpc) is 2.80. The lowest BCUT2D eigenvalue weighted by Crippen LogP contribution is -2.37. The first kappa shape index (κ1) is 32.6. The van der Waals surface area contributed by atoms with E-state index in [9.17, 15) is 14.8 Å². The molecule has 0 aromatic rings. The summed E-state index contributed by atoms with van der Waals surface area (Å²) in [6, 6.07) is 0. The fraction of sp³-hybridized carbons (Fsp3) is 0.852. The van der Waals surface area contributed by atoms with Crippen LogP contribution in [-0.4, -0.2) is 62.6 Å². The average molecular weight is 483 g/mol. The number of hydrogen-bond acceptors (Lipinski definition) is 6. The summed E-state index contributed by atoms with van der Waals surface area (Å²) in [7, 11) is 5.92. The lowest BCUT2D eigenvalue weighted by Gasteiger charge is -2.20. The molecule has 7 nitrogen and oxygen atoms in total. The Kier molecular flexibility index (Phi) is 22.3. The van der Waals surface area contributed by atoms with Gasteiger partial charge in [0.25, 0.3) is 0 Å². The topological polar surface area (TPSA) is 93.7 Å². The van der Waals surface area contributed by atoms with E-state index in [1.807, 2.05) is 27.2 Å². The molecule has 0 fully saturated rings. The number of carbonyl (C=O) groups is 2. The van der Waals surface area contributed by atoms with Crippen molar-refractivity contribution in [2.45, 2.75) is 103 Å². The standard InChI is InChI=1S/C27H54N4O3/c1-24(32)18-15-13-11-9-7-5-6-8-10-12-14-16-19-26(30-34)25(20-22-28-2)27(33)29-21-17-23-31(3)4/h19,25,28,30,34H,5-18,20-23H2,1-4H3,(H,29,33)/b26-19-. The number of hydroxylamine groups is 1. The predicted molar refractivity (Wildman–Crippen MR) is 142 cm³/mol. The van der Waals surface area contributed by atoms with Crippen LogP contribution < -0.4 is 16.1 Å². The summed E-state index contributed by atoms with van der Waals surface area (Å²) in [6.07, 6.45) is 18.6. The molecule has 7 heteroatoms. The van der Waals surface area contributed by atoms with Crippen molar-refractivity contribution < 1.29 is 14.8 Å². The van der Waals surface area contributed by atoms with Crippen molar-refractivity contribution in [1.82, 2.24) is 21.0 Å². The first-order valence-electron chi connectivity index (χ1n) is 13.6. The smallest absolute Gasteiger partial charge is 0.229 e. The van der Waals surface area contributed by atoms with E-state index in [1.165, 1.54) is 57.8 Å². The lowest BCUT2D eigenvalue weighted by molar-refractivity contribution is -0.124. The maximum absolute atomic E-state index is 12.7. The molecular weight excluding hydrogens is 428 g/mol. The second kappa shape index (κ2) is 23.3. The van der Waals surface area contributed by atoms with Crippen molar-refractivity contribution in [1.29, 1.82) is 0 Å². The highest BCUT2D eigenvalue weighted by Gasteiger charge is 2.22. The van der Waals surface area contributed by atoms with Crippen molar-refractivity contribution in [2.75, 3.05) is 40.8 Å². The van der Waals surface area contributed by atoms with Crippen LogP contribution in [0.2, 0.25) is 0 Å². The van der Waals surface area contributed by atoms with Crippen molar-refractivity contribution in [3.05, 3.63) is 11.8 Å². The Hall–Kier alpha value is -1.44. The van der Waals surface area contributed by atoms with Gasteiger partial charge >= 0.3 is 0 Å². The molecule has 34 heavy (non-hydrogen) atoms. The third-order valence-electron chi connectivity index (χ3n) is 6.18. The van der Waals surface area contributed by atoms with Gasteiger partial charge in [0, 0.05) is 18.7 Å². The highest BCUT2D eigenvalue weighted by Crippen LogP contribution is 2.16. The monoisotopic (exact) mass is 482 g/mol. The van der Waals surface area contributed by atoms with Gasteiger partial charge in [-0.1, -0.05) is 63.9 Å². The highest BCUT2D eigenvalue weighted by molar-refractivity contribution is 5.81. The molecular formula is C27H54N4O3. The van der Waals surface area contributed by atoms with E-state index in [4.69, 9.17) is 0 Å². The number of amides is 1.